The van der Waals surface area contributed by atoms with Crippen LogP contribution < -0.4 is 34.2 Å². The predicted octanol–water partition coefficient (Wildman–Crippen LogP) is 2.41. The summed E-state index contributed by atoms with van der Waals surface area (Å²) < 4.78 is 7.59. The first-order chi connectivity index (χ1) is 18.8. The quantitative estimate of drug-likeness (QED) is 0.208. The van der Waals surface area contributed by atoms with Crippen molar-refractivity contribution < 1.29 is 38.0 Å². The van der Waals surface area contributed by atoms with E-state index in [0.29, 0.717) is 6.42 Å². The molecule has 0 unspecified atom stereocenters. The second kappa shape index (κ2) is 14.6. The van der Waals surface area contributed by atoms with E-state index in [4.69, 9.17) is 10.00 Å². The maximum absolute atomic E-state index is 12.9. The Morgan fingerprint density at radius 2 is 1.48 bits per heavy atom. The largest absolute Gasteiger partial charge is 1.00 e. The Morgan fingerprint density at radius 3 is 2.02 bits per heavy atom. The molecule has 1 aliphatic heterocycles. The topological polar surface area (TPSA) is 65.4 Å². The Morgan fingerprint density at radius 1 is 0.925 bits per heavy atom. The van der Waals surface area contributed by atoms with Crippen molar-refractivity contribution in [2.24, 2.45) is 5.92 Å². The Hall–Kier alpha value is -2.93. The minimum absolute atomic E-state index is 0. The molecule has 1 amide bonds. The van der Waals surface area contributed by atoms with Crippen LogP contribution in [-0.2, 0) is 9.53 Å². The molecule has 3 aromatic carbocycles. The second-order valence-electron chi connectivity index (χ2n) is 11.5. The van der Waals surface area contributed by atoms with Crippen molar-refractivity contribution in [2.75, 3.05) is 51.7 Å². The van der Waals surface area contributed by atoms with E-state index in [1.54, 1.807) is 0 Å². The highest BCUT2D eigenvalue weighted by atomic mass is 127. The summed E-state index contributed by atoms with van der Waals surface area (Å²) in [5, 5.41) is 11.6. The van der Waals surface area contributed by atoms with Gasteiger partial charge in [-0.3, -0.25) is 4.79 Å². The molecule has 1 heterocycles. The van der Waals surface area contributed by atoms with Crippen LogP contribution in [0.15, 0.2) is 78.9 Å². The van der Waals surface area contributed by atoms with Gasteiger partial charge in [0.2, 0.25) is 5.91 Å². The van der Waals surface area contributed by atoms with Crippen molar-refractivity contribution in [1.82, 2.24) is 5.32 Å². The van der Waals surface area contributed by atoms with Crippen LogP contribution in [0.4, 0.5) is 5.69 Å². The molecule has 1 aliphatic rings. The number of halogens is 1. The minimum atomic E-state index is -0.657. The molecule has 0 saturated carbocycles. The first-order valence-electron chi connectivity index (χ1n) is 13.9. The lowest BCUT2D eigenvalue weighted by Gasteiger charge is -2.40. The molecule has 3 aromatic rings. The van der Waals surface area contributed by atoms with Gasteiger partial charge in [0.05, 0.1) is 46.3 Å². The summed E-state index contributed by atoms with van der Waals surface area (Å²) in [6.07, 6.45) is -0.491. The van der Waals surface area contributed by atoms with Gasteiger partial charge in [-0.2, -0.15) is 5.26 Å². The van der Waals surface area contributed by atoms with E-state index in [2.05, 4.69) is 86.7 Å². The molecule has 0 bridgehead atoms. The number of amides is 1. The van der Waals surface area contributed by atoms with Crippen molar-refractivity contribution in [3.8, 4) is 17.2 Å². The van der Waals surface area contributed by atoms with Crippen LogP contribution >= 0.6 is 0 Å². The third kappa shape index (κ3) is 8.53. The number of ether oxygens (including phenoxy) is 1. The lowest BCUT2D eigenvalue weighted by atomic mass is 9.97. The summed E-state index contributed by atoms with van der Waals surface area (Å²) in [5.74, 6) is 0.0132. The van der Waals surface area contributed by atoms with Gasteiger partial charge in [0.1, 0.15) is 18.8 Å². The summed E-state index contributed by atoms with van der Waals surface area (Å²) in [5.41, 5.74) is 5.55. The molecule has 2 atom stereocenters. The molecule has 212 valence electrons. The maximum Gasteiger partial charge on any atom is 0.250 e. The number of hydrogen-bond donors (Lipinski definition) is 1. The Kier molecular flexibility index (Phi) is 11.6. The molecular formula is C33H41IN4O2. The molecule has 0 radical (unpaired) electrons. The number of hydrogen-bond acceptors (Lipinski definition) is 4. The van der Waals surface area contributed by atoms with Gasteiger partial charge in [-0.05, 0) is 46.7 Å². The highest BCUT2D eigenvalue weighted by Gasteiger charge is 2.27. The van der Waals surface area contributed by atoms with Crippen molar-refractivity contribution in [3.05, 3.63) is 90.0 Å². The number of nitrogens with one attached hydrogen (secondary N) is 1. The molecule has 0 spiro atoms. The summed E-state index contributed by atoms with van der Waals surface area (Å²) >= 11 is 0. The molecule has 0 aromatic heterocycles. The molecule has 1 saturated heterocycles. The van der Waals surface area contributed by atoms with Gasteiger partial charge in [-0.15, -0.1) is 0 Å². The predicted molar refractivity (Wildman–Crippen MR) is 157 cm³/mol. The second-order valence-corrected chi connectivity index (χ2v) is 11.5. The van der Waals surface area contributed by atoms with Gasteiger partial charge in [-0.1, -0.05) is 80.6 Å². The molecule has 7 heteroatoms. The summed E-state index contributed by atoms with van der Waals surface area (Å²) in [6, 6.07) is 29.2. The van der Waals surface area contributed by atoms with E-state index < -0.39 is 12.2 Å². The van der Waals surface area contributed by atoms with Gasteiger partial charge in [-0.25, -0.2) is 0 Å². The summed E-state index contributed by atoms with van der Waals surface area (Å²) in [7, 11) is 4.59. The number of carbonyl (C=O) groups is 1. The smallest absolute Gasteiger partial charge is 0.250 e. The number of benzene rings is 3. The van der Waals surface area contributed by atoms with Crippen LogP contribution in [0.2, 0.25) is 0 Å². The van der Waals surface area contributed by atoms with Crippen LogP contribution in [0.1, 0.15) is 37.5 Å². The normalized spacial score (nSPS) is 15.9. The summed E-state index contributed by atoms with van der Waals surface area (Å²) in [6.45, 7) is 8.57. The van der Waals surface area contributed by atoms with Crippen molar-refractivity contribution in [1.29, 1.82) is 5.26 Å². The van der Waals surface area contributed by atoms with Crippen molar-refractivity contribution in [3.63, 3.8) is 0 Å². The van der Waals surface area contributed by atoms with Gasteiger partial charge < -0.3 is 43.4 Å². The van der Waals surface area contributed by atoms with E-state index in [9.17, 15) is 4.79 Å². The molecule has 1 fully saturated rings. The van der Waals surface area contributed by atoms with Gasteiger partial charge in [0, 0.05) is 5.69 Å². The molecule has 6 nitrogen and oxygen atoms in total. The number of rotatable bonds is 10. The zero-order chi connectivity index (χ0) is 27.8. The number of likely N-dealkylation sites (N-methyl/N-ethyl adjacent to an activating group) is 1. The monoisotopic (exact) mass is 652 g/mol. The van der Waals surface area contributed by atoms with Crippen LogP contribution in [0.3, 0.4) is 0 Å². The van der Waals surface area contributed by atoms with Crippen molar-refractivity contribution >= 4 is 11.6 Å². The number of piperazine rings is 1. The van der Waals surface area contributed by atoms with E-state index in [1.165, 1.54) is 11.3 Å². The first kappa shape index (κ1) is 31.6. The first-order valence-corrected chi connectivity index (χ1v) is 13.9. The van der Waals surface area contributed by atoms with Gasteiger partial charge >= 0.3 is 0 Å². The molecule has 40 heavy (non-hydrogen) atoms. The lowest BCUT2D eigenvalue weighted by molar-refractivity contribution is -0.890. The molecule has 0 aliphatic carbocycles. The van der Waals surface area contributed by atoms with Gasteiger partial charge in [0.25, 0.3) is 0 Å². The third-order valence-corrected chi connectivity index (χ3v) is 7.45. The summed E-state index contributed by atoms with van der Waals surface area (Å²) in [4.78, 5) is 15.3. The average molecular weight is 653 g/mol. The highest BCUT2D eigenvalue weighted by Crippen LogP contribution is 2.31. The molecule has 4 rings (SSSR count). The van der Waals surface area contributed by atoms with Crippen molar-refractivity contribution in [2.45, 2.75) is 32.5 Å². The lowest BCUT2D eigenvalue weighted by Crippen LogP contribution is -3.00. The number of quaternary nitrogens is 1. The van der Waals surface area contributed by atoms with E-state index in [0.717, 1.165) is 47.4 Å². The Bertz CT molecular complexity index is 1240. The van der Waals surface area contributed by atoms with E-state index in [-0.39, 0.29) is 42.3 Å². The zero-order valence-corrected chi connectivity index (χ0v) is 26.2. The fourth-order valence-electron chi connectivity index (χ4n) is 5.01. The third-order valence-electron chi connectivity index (χ3n) is 7.45. The number of anilines is 1. The number of carbonyl (C=O) groups excluding carboxylic acids is 1. The average Bonchev–Trinajstić information content (AvgIpc) is 2.94. The van der Waals surface area contributed by atoms with Crippen LogP contribution in [-0.4, -0.2) is 63.3 Å². The van der Waals surface area contributed by atoms with Gasteiger partial charge in [0.15, 0.2) is 0 Å². The standard InChI is InChI=1S/C33H40N4O2.HI/c1-25(2)24-31(33(38)35-19-18-34)39-32(28-8-6-5-7-9-28)29-12-10-26(11-13-29)27-14-16-30(17-15-27)36-20-22-37(3,4)23-21-36;/h5-17,25,31-32H,19-24H2,1-4H3;1H/t31-,32+;/m0./s1. The molecule has 1 N–H and O–H groups in total. The van der Waals surface area contributed by atoms with E-state index >= 15 is 0 Å². The fraction of sp³-hybridized carbons (Fsp3) is 0.394. The SMILES string of the molecule is CC(C)C[C@H](O[C@H](c1ccccc1)c1ccc(-c2ccc(N3CC[N+](C)(C)CC3)cc2)cc1)C(=O)NCC#N.[I-]. The highest BCUT2D eigenvalue weighted by molar-refractivity contribution is 5.81. The zero-order valence-electron chi connectivity index (χ0n) is 24.0. The van der Waals surface area contributed by atoms with E-state index in [1.807, 2.05) is 36.4 Å². The Labute approximate surface area is 256 Å². The minimum Gasteiger partial charge on any atom is -1.00 e. The van der Waals surface area contributed by atoms with Crippen LogP contribution in [0.25, 0.3) is 11.1 Å². The van der Waals surface area contributed by atoms with Crippen LogP contribution in [0, 0.1) is 17.2 Å². The number of nitrogens with zero attached hydrogens (tertiary/aromatic N) is 3. The fourth-order valence-corrected chi connectivity index (χ4v) is 5.01. The number of nitriles is 1. The van der Waals surface area contributed by atoms with Crippen LogP contribution in [0.5, 0.6) is 0 Å². The Balaban J connectivity index is 0.00000441. The maximum atomic E-state index is 12.9. The molecular weight excluding hydrogens is 611 g/mol.